The minimum absolute atomic E-state index is 0.202. The summed E-state index contributed by atoms with van der Waals surface area (Å²) in [5, 5.41) is 14.8. The van der Waals surface area contributed by atoms with Crippen molar-refractivity contribution in [2.45, 2.75) is 0 Å². The van der Waals surface area contributed by atoms with E-state index < -0.39 is 0 Å². The fourth-order valence-electron chi connectivity index (χ4n) is 0.945. The molecular weight excluding hydrogens is 146 g/mol. The van der Waals surface area contributed by atoms with Gasteiger partial charge in [0.2, 0.25) is 5.43 Å². The second kappa shape index (κ2) is 1.85. The lowest BCUT2D eigenvalue weighted by molar-refractivity contribution is 0.148. The molecule has 0 saturated heterocycles. The first-order chi connectivity index (χ1) is 5.29. The highest BCUT2D eigenvalue weighted by molar-refractivity contribution is 5.54. The zero-order chi connectivity index (χ0) is 7.84. The number of hydrogen-bond donors (Lipinski definition) is 2. The molecule has 2 rings (SSSR count). The standard InChI is InChI=1S/C6H5N3O2/c10-5-3-1-2-4-6(5)7-8-9(4)11/h1-3,8,11H. The van der Waals surface area contributed by atoms with Crippen LogP contribution in [0, 0.1) is 0 Å². The van der Waals surface area contributed by atoms with E-state index in [0.717, 1.165) is 0 Å². The lowest BCUT2D eigenvalue weighted by Gasteiger charge is -1.92. The highest BCUT2D eigenvalue weighted by Crippen LogP contribution is 2.10. The molecule has 0 aromatic rings. The van der Waals surface area contributed by atoms with Crippen molar-refractivity contribution in [3.05, 3.63) is 28.4 Å². The van der Waals surface area contributed by atoms with Gasteiger partial charge in [-0.3, -0.25) is 4.79 Å². The molecular formula is C6H5N3O2. The maximum Gasteiger partial charge on any atom is 0.208 e. The number of nitrogens with one attached hydrogen (secondary N) is 1. The topological polar surface area (TPSA) is 70.9 Å². The second-order valence-electron chi connectivity index (χ2n) is 2.15. The molecule has 0 saturated carbocycles. The van der Waals surface area contributed by atoms with E-state index in [1.165, 1.54) is 6.07 Å². The Hall–Kier alpha value is -1.78. The third-order valence-electron chi connectivity index (χ3n) is 1.46. The Balaban J connectivity index is 2.90. The van der Waals surface area contributed by atoms with E-state index in [2.05, 4.69) is 10.3 Å². The summed E-state index contributed by atoms with van der Waals surface area (Å²) in [5.74, 6) is 0. The lowest BCUT2D eigenvalue weighted by atomic mass is 10.2. The van der Waals surface area contributed by atoms with Crippen LogP contribution in [0.1, 0.15) is 0 Å². The molecule has 0 bridgehead atoms. The molecule has 5 heteroatoms. The van der Waals surface area contributed by atoms with Gasteiger partial charge >= 0.3 is 0 Å². The smallest absolute Gasteiger partial charge is 0.208 e. The third-order valence-corrected chi connectivity index (χ3v) is 1.46. The van der Waals surface area contributed by atoms with Gasteiger partial charge in [0, 0.05) is 0 Å². The summed E-state index contributed by atoms with van der Waals surface area (Å²) >= 11 is 0. The third kappa shape index (κ3) is 0.706. The van der Waals surface area contributed by atoms with Gasteiger partial charge in [-0.2, -0.15) is 10.3 Å². The molecule has 0 spiro atoms. The zero-order valence-electron chi connectivity index (χ0n) is 5.48. The van der Waals surface area contributed by atoms with Gasteiger partial charge in [0.25, 0.3) is 0 Å². The van der Waals surface area contributed by atoms with Crippen LogP contribution in [0.3, 0.4) is 0 Å². The van der Waals surface area contributed by atoms with Crippen LogP contribution in [0.5, 0.6) is 0 Å². The van der Waals surface area contributed by atoms with E-state index in [9.17, 15) is 4.79 Å². The summed E-state index contributed by atoms with van der Waals surface area (Å²) in [6.07, 6.45) is 0. The van der Waals surface area contributed by atoms with Gasteiger partial charge in [-0.05, 0) is 12.1 Å². The Kier molecular flexibility index (Phi) is 1.00. The van der Waals surface area contributed by atoms with Crippen LogP contribution in [0.15, 0.2) is 23.0 Å². The number of aromatic amines is 1. The van der Waals surface area contributed by atoms with E-state index in [4.69, 9.17) is 5.21 Å². The van der Waals surface area contributed by atoms with Crippen molar-refractivity contribution in [2.75, 3.05) is 0 Å². The van der Waals surface area contributed by atoms with Crippen LogP contribution in [-0.4, -0.2) is 20.4 Å². The molecule has 1 heterocycles. The molecule has 0 aromatic heterocycles. The highest BCUT2D eigenvalue weighted by Gasteiger charge is 2.11. The Bertz CT molecular complexity index is 403. The molecule has 11 heavy (non-hydrogen) atoms. The molecule has 5 nitrogen and oxygen atoms in total. The van der Waals surface area contributed by atoms with Crippen LogP contribution in [0.2, 0.25) is 0 Å². The molecule has 0 amide bonds. The number of fused-ring (bicyclic) bond motifs is 1. The predicted octanol–water partition coefficient (Wildman–Crippen LogP) is -0.0865. The maximum atomic E-state index is 11.0. The van der Waals surface area contributed by atoms with Gasteiger partial charge in [0.15, 0.2) is 5.69 Å². The molecule has 0 fully saturated rings. The van der Waals surface area contributed by atoms with Crippen molar-refractivity contribution >= 4 is 0 Å². The summed E-state index contributed by atoms with van der Waals surface area (Å²) < 4.78 is 0. The first-order valence-electron chi connectivity index (χ1n) is 3.04. The van der Waals surface area contributed by atoms with E-state index in [1.807, 2.05) is 0 Å². The molecule has 56 valence electrons. The summed E-state index contributed by atoms with van der Waals surface area (Å²) in [6.45, 7) is 0. The molecule has 0 atom stereocenters. The van der Waals surface area contributed by atoms with Crippen molar-refractivity contribution in [1.29, 1.82) is 0 Å². The highest BCUT2D eigenvalue weighted by atomic mass is 16.5. The molecule has 2 N–H and O–H groups in total. The van der Waals surface area contributed by atoms with E-state index in [0.29, 0.717) is 10.5 Å². The van der Waals surface area contributed by atoms with Crippen LogP contribution in [-0.2, 0) is 0 Å². The van der Waals surface area contributed by atoms with Crippen molar-refractivity contribution in [3.8, 4) is 11.4 Å². The normalized spacial score (nSPS) is 10.5. The fourth-order valence-corrected chi connectivity index (χ4v) is 0.945. The van der Waals surface area contributed by atoms with Crippen LogP contribution in [0.25, 0.3) is 11.4 Å². The van der Waals surface area contributed by atoms with E-state index >= 15 is 0 Å². The summed E-state index contributed by atoms with van der Waals surface area (Å²) in [4.78, 5) is 11.7. The van der Waals surface area contributed by atoms with Crippen LogP contribution < -0.4 is 5.43 Å². The second-order valence-corrected chi connectivity index (χ2v) is 2.15. The summed E-state index contributed by atoms with van der Waals surface area (Å²) in [6, 6.07) is 4.55. The molecule has 2 aliphatic rings. The number of hydrogen-bond acceptors (Lipinski definition) is 3. The Morgan fingerprint density at radius 3 is 3.09 bits per heavy atom. The van der Waals surface area contributed by atoms with Gasteiger partial charge in [-0.25, -0.2) is 0 Å². The minimum atomic E-state index is -0.202. The van der Waals surface area contributed by atoms with Crippen molar-refractivity contribution in [3.63, 3.8) is 0 Å². The Morgan fingerprint density at radius 1 is 1.55 bits per heavy atom. The number of para-hydroxylation sites is 1. The monoisotopic (exact) mass is 151 g/mol. The number of aromatic nitrogens is 3. The lowest BCUT2D eigenvalue weighted by Crippen LogP contribution is -2.04. The minimum Gasteiger partial charge on any atom is -0.412 e. The average Bonchev–Trinajstić information content (AvgIpc) is 2.35. The van der Waals surface area contributed by atoms with Crippen LogP contribution in [0.4, 0.5) is 0 Å². The molecule has 0 unspecified atom stereocenters. The van der Waals surface area contributed by atoms with Crippen molar-refractivity contribution in [2.24, 2.45) is 0 Å². The molecule has 1 aliphatic heterocycles. The van der Waals surface area contributed by atoms with E-state index in [-0.39, 0.29) is 11.1 Å². The first kappa shape index (κ1) is 5.96. The maximum absolute atomic E-state index is 11.0. The van der Waals surface area contributed by atoms with Crippen molar-refractivity contribution in [1.82, 2.24) is 15.2 Å². The van der Waals surface area contributed by atoms with Crippen LogP contribution >= 0.6 is 0 Å². The number of H-pyrrole nitrogens is 1. The largest absolute Gasteiger partial charge is 0.412 e. The number of benzene rings is 1. The first-order valence-corrected chi connectivity index (χ1v) is 3.04. The fraction of sp³-hybridized carbons (Fsp3) is 0. The molecule has 0 radical (unpaired) electrons. The summed E-state index contributed by atoms with van der Waals surface area (Å²) in [7, 11) is 0. The number of rotatable bonds is 0. The Labute approximate surface area is 61.2 Å². The predicted molar refractivity (Wildman–Crippen MR) is 36.7 cm³/mol. The Morgan fingerprint density at radius 2 is 2.36 bits per heavy atom. The van der Waals surface area contributed by atoms with Gasteiger partial charge in [0.1, 0.15) is 5.69 Å². The van der Waals surface area contributed by atoms with E-state index in [1.54, 1.807) is 12.1 Å². The van der Waals surface area contributed by atoms with Gasteiger partial charge in [0.05, 0.1) is 0 Å². The summed E-state index contributed by atoms with van der Waals surface area (Å²) in [5.41, 5.74) is 0.430. The van der Waals surface area contributed by atoms with Gasteiger partial charge < -0.3 is 5.21 Å². The van der Waals surface area contributed by atoms with Gasteiger partial charge in [-0.1, -0.05) is 6.07 Å². The molecule has 1 aliphatic carbocycles. The van der Waals surface area contributed by atoms with Crippen molar-refractivity contribution < 1.29 is 5.21 Å². The average molecular weight is 151 g/mol. The zero-order valence-corrected chi connectivity index (χ0v) is 5.48. The molecule has 0 aromatic carbocycles. The quantitative estimate of drug-likeness (QED) is 0.517. The number of nitrogens with zero attached hydrogens (tertiary/aromatic N) is 2. The van der Waals surface area contributed by atoms with Gasteiger partial charge in [-0.15, -0.1) is 4.85 Å². The SMILES string of the molecule is O=c1cccc2n(O)[nH]nc1-2.